The lowest BCUT2D eigenvalue weighted by atomic mass is 10.0. The number of halogens is 1. The molecule has 1 N–H and O–H groups in total. The molecule has 0 aliphatic heterocycles. The van der Waals surface area contributed by atoms with E-state index in [1.165, 1.54) is 0 Å². The fourth-order valence-corrected chi connectivity index (χ4v) is 3.38. The number of rotatable bonds is 6. The summed E-state index contributed by atoms with van der Waals surface area (Å²) in [5.74, 6) is 0. The van der Waals surface area contributed by atoms with Crippen LogP contribution in [0.25, 0.3) is 11.0 Å². The van der Waals surface area contributed by atoms with Gasteiger partial charge in [-0.05, 0) is 47.2 Å². The molecule has 3 nitrogen and oxygen atoms in total. The van der Waals surface area contributed by atoms with Gasteiger partial charge in [0.1, 0.15) is 5.52 Å². The van der Waals surface area contributed by atoms with Crippen LogP contribution in [0.2, 0.25) is 0 Å². The lowest BCUT2D eigenvalue weighted by molar-refractivity contribution is 0.575. The minimum absolute atomic E-state index is 0.283. The van der Waals surface area contributed by atoms with Crippen LogP contribution >= 0.6 is 27.7 Å². The highest BCUT2D eigenvalue weighted by molar-refractivity contribution is 9.10. The molecular weight excluding hydrogens is 334 g/mol. The third-order valence-electron chi connectivity index (χ3n) is 3.87. The van der Waals surface area contributed by atoms with E-state index < -0.39 is 0 Å². The van der Waals surface area contributed by atoms with Crippen LogP contribution in [-0.4, -0.2) is 27.5 Å². The number of aromatic nitrogens is 2. The summed E-state index contributed by atoms with van der Waals surface area (Å²) in [4.78, 5) is 8.85. The molecule has 0 unspecified atom stereocenters. The third-order valence-corrected chi connectivity index (χ3v) is 5.89. The van der Waals surface area contributed by atoms with Gasteiger partial charge in [0.2, 0.25) is 0 Å². The number of nitrogens with one attached hydrogen (secondary N) is 1. The summed E-state index contributed by atoms with van der Waals surface area (Å²) in [7, 11) is 0. The summed E-state index contributed by atoms with van der Waals surface area (Å²) < 4.78 is 1.24. The molecule has 2 rings (SSSR count). The van der Waals surface area contributed by atoms with Gasteiger partial charge in [-0.1, -0.05) is 13.8 Å². The van der Waals surface area contributed by atoms with Crippen molar-refractivity contribution in [3.63, 3.8) is 0 Å². The van der Waals surface area contributed by atoms with Crippen LogP contribution in [0.15, 0.2) is 29.0 Å². The van der Waals surface area contributed by atoms with Crippen molar-refractivity contribution in [3.05, 3.63) is 29.0 Å². The zero-order chi connectivity index (χ0) is 14.6. The molecular formula is C15H20BrN3S. The maximum Gasteiger partial charge on any atom is 0.112 e. The van der Waals surface area contributed by atoms with Gasteiger partial charge in [-0.3, -0.25) is 9.97 Å². The smallest absolute Gasteiger partial charge is 0.112 e. The van der Waals surface area contributed by atoms with Gasteiger partial charge in [-0.2, -0.15) is 11.8 Å². The summed E-state index contributed by atoms with van der Waals surface area (Å²) >= 11 is 5.37. The van der Waals surface area contributed by atoms with Crippen LogP contribution in [0.4, 0.5) is 5.69 Å². The molecule has 0 bridgehead atoms. The monoisotopic (exact) mass is 353 g/mol. The Balaban J connectivity index is 2.26. The van der Waals surface area contributed by atoms with Crippen molar-refractivity contribution in [3.8, 4) is 0 Å². The first-order chi connectivity index (χ1) is 9.64. The summed E-state index contributed by atoms with van der Waals surface area (Å²) in [5, 5.41) is 3.56. The Bertz CT molecular complexity index is 576. The molecule has 0 saturated heterocycles. The molecule has 0 aliphatic carbocycles. The molecule has 2 heterocycles. The topological polar surface area (TPSA) is 37.8 Å². The van der Waals surface area contributed by atoms with Crippen LogP contribution in [0.3, 0.4) is 0 Å². The molecule has 20 heavy (non-hydrogen) atoms. The molecule has 0 radical (unpaired) electrons. The molecule has 2 aromatic heterocycles. The van der Waals surface area contributed by atoms with Crippen molar-refractivity contribution < 1.29 is 0 Å². The Morgan fingerprint density at radius 1 is 1.30 bits per heavy atom. The molecule has 0 aliphatic rings. The number of pyridine rings is 2. The van der Waals surface area contributed by atoms with Crippen LogP contribution in [0.5, 0.6) is 0 Å². The summed E-state index contributed by atoms with van der Waals surface area (Å²) in [6.07, 6.45) is 8.14. The first-order valence-electron chi connectivity index (χ1n) is 6.83. The van der Waals surface area contributed by atoms with E-state index in [-0.39, 0.29) is 4.75 Å². The molecule has 0 aromatic carbocycles. The van der Waals surface area contributed by atoms with Gasteiger partial charge in [0.05, 0.1) is 11.2 Å². The van der Waals surface area contributed by atoms with Crippen molar-refractivity contribution in [2.45, 2.75) is 31.4 Å². The fourth-order valence-electron chi connectivity index (χ4n) is 2.27. The van der Waals surface area contributed by atoms with Gasteiger partial charge in [0, 0.05) is 28.2 Å². The maximum absolute atomic E-state index is 4.48. The van der Waals surface area contributed by atoms with Gasteiger partial charge in [0.25, 0.3) is 0 Å². The van der Waals surface area contributed by atoms with E-state index >= 15 is 0 Å². The predicted octanol–water partition coefficient (Wildman–Crippen LogP) is 4.73. The highest BCUT2D eigenvalue weighted by Gasteiger charge is 2.24. The third kappa shape index (κ3) is 3.26. The maximum atomic E-state index is 4.48. The van der Waals surface area contributed by atoms with Crippen LogP contribution < -0.4 is 5.32 Å². The number of hydrogen-bond acceptors (Lipinski definition) is 4. The molecule has 0 spiro atoms. The number of anilines is 1. The SMILES string of the molecule is CCC(CC)(CNc1ccnc2cc(Br)cnc12)SC. The van der Waals surface area contributed by atoms with Crippen molar-refractivity contribution in [2.75, 3.05) is 18.1 Å². The van der Waals surface area contributed by atoms with E-state index in [0.29, 0.717) is 0 Å². The number of hydrogen-bond donors (Lipinski definition) is 1. The van der Waals surface area contributed by atoms with Gasteiger partial charge < -0.3 is 5.32 Å². The van der Waals surface area contributed by atoms with Gasteiger partial charge in [-0.25, -0.2) is 0 Å². The Morgan fingerprint density at radius 2 is 2.05 bits per heavy atom. The van der Waals surface area contributed by atoms with E-state index in [1.807, 2.05) is 36.3 Å². The second-order valence-electron chi connectivity index (χ2n) is 4.83. The van der Waals surface area contributed by atoms with Crippen molar-refractivity contribution in [1.29, 1.82) is 0 Å². The van der Waals surface area contributed by atoms with E-state index in [1.54, 1.807) is 0 Å². The second-order valence-corrected chi connectivity index (χ2v) is 7.02. The molecule has 5 heteroatoms. The molecule has 0 amide bonds. The Morgan fingerprint density at radius 3 is 2.70 bits per heavy atom. The summed E-state index contributed by atoms with van der Waals surface area (Å²) in [6, 6.07) is 3.99. The number of thioether (sulfide) groups is 1. The fraction of sp³-hybridized carbons (Fsp3) is 0.467. The lowest BCUT2D eigenvalue weighted by Gasteiger charge is -2.30. The minimum atomic E-state index is 0.283. The van der Waals surface area contributed by atoms with Gasteiger partial charge in [0.15, 0.2) is 0 Å². The highest BCUT2D eigenvalue weighted by Crippen LogP contribution is 2.31. The van der Waals surface area contributed by atoms with Gasteiger partial charge >= 0.3 is 0 Å². The normalized spacial score (nSPS) is 11.8. The standard InChI is InChI=1S/C15H20BrN3S/c1-4-15(5-2,20-3)10-19-12-6-7-17-13-8-11(16)9-18-14(12)13/h6-9H,4-5,10H2,1-3H3,(H,17,19). The van der Waals surface area contributed by atoms with Gasteiger partial charge in [-0.15, -0.1) is 0 Å². The average molecular weight is 354 g/mol. The lowest BCUT2D eigenvalue weighted by Crippen LogP contribution is -2.32. The molecule has 108 valence electrons. The zero-order valence-corrected chi connectivity index (χ0v) is 14.5. The number of fused-ring (bicyclic) bond motifs is 1. The minimum Gasteiger partial charge on any atom is -0.382 e. The highest BCUT2D eigenvalue weighted by atomic mass is 79.9. The molecule has 0 atom stereocenters. The first kappa shape index (κ1) is 15.6. The largest absolute Gasteiger partial charge is 0.382 e. The Hall–Kier alpha value is -0.810. The summed E-state index contributed by atoms with van der Waals surface area (Å²) in [6.45, 7) is 5.45. The van der Waals surface area contributed by atoms with Crippen molar-refractivity contribution in [2.24, 2.45) is 0 Å². The second kappa shape index (κ2) is 6.76. The van der Waals surface area contributed by atoms with E-state index in [2.05, 4.69) is 51.3 Å². The molecule has 0 saturated carbocycles. The Kier molecular flexibility index (Phi) is 5.27. The molecule has 2 aromatic rings. The van der Waals surface area contributed by atoms with E-state index in [9.17, 15) is 0 Å². The van der Waals surface area contributed by atoms with E-state index in [4.69, 9.17) is 0 Å². The number of nitrogens with zero attached hydrogens (tertiary/aromatic N) is 2. The molecule has 0 fully saturated rings. The average Bonchev–Trinajstić information content (AvgIpc) is 2.49. The Labute approximate surface area is 133 Å². The quantitative estimate of drug-likeness (QED) is 0.814. The van der Waals surface area contributed by atoms with Crippen LogP contribution in [0.1, 0.15) is 26.7 Å². The van der Waals surface area contributed by atoms with Crippen LogP contribution in [-0.2, 0) is 0 Å². The van der Waals surface area contributed by atoms with Crippen LogP contribution in [0, 0.1) is 0 Å². The van der Waals surface area contributed by atoms with Crippen molar-refractivity contribution in [1.82, 2.24) is 9.97 Å². The zero-order valence-electron chi connectivity index (χ0n) is 12.1. The summed E-state index contributed by atoms with van der Waals surface area (Å²) in [5.41, 5.74) is 2.90. The first-order valence-corrected chi connectivity index (χ1v) is 8.85. The van der Waals surface area contributed by atoms with Crippen molar-refractivity contribution >= 4 is 44.4 Å². The predicted molar refractivity (Wildman–Crippen MR) is 92.6 cm³/mol. The van der Waals surface area contributed by atoms with E-state index in [0.717, 1.165) is 40.6 Å².